The van der Waals surface area contributed by atoms with Crippen LogP contribution in [0.5, 0.6) is 0 Å². The highest BCUT2D eigenvalue weighted by Gasteiger charge is 2.21. The van der Waals surface area contributed by atoms with Gasteiger partial charge in [0.2, 0.25) is 0 Å². The number of hydrogen-bond donors (Lipinski definition) is 1. The van der Waals surface area contributed by atoms with Crippen LogP contribution in [0.15, 0.2) is 18.2 Å². The van der Waals surface area contributed by atoms with E-state index >= 15 is 0 Å². The normalized spacial score (nSPS) is 22.5. The highest BCUT2D eigenvalue weighted by molar-refractivity contribution is 5.92. The van der Waals surface area contributed by atoms with Crippen LogP contribution in [0, 0.1) is 12.8 Å². The predicted octanol–water partition coefficient (Wildman–Crippen LogP) is 2.72. The molecule has 1 aromatic heterocycles. The van der Waals surface area contributed by atoms with Gasteiger partial charge in [0.1, 0.15) is 5.69 Å². The summed E-state index contributed by atoms with van der Waals surface area (Å²) in [5.41, 5.74) is 1.32. The molecule has 1 aliphatic carbocycles. The summed E-state index contributed by atoms with van der Waals surface area (Å²) in [5, 5.41) is 2.85. The molecule has 1 N–H and O–H groups in total. The van der Waals surface area contributed by atoms with Gasteiger partial charge in [-0.1, -0.05) is 25.8 Å². The largest absolute Gasteiger partial charge is 0.376 e. The lowest BCUT2D eigenvalue weighted by molar-refractivity contribution is -0.00295. The maximum absolute atomic E-state index is 11.9. The van der Waals surface area contributed by atoms with Crippen molar-refractivity contribution >= 4 is 5.91 Å². The molecule has 0 radical (unpaired) electrons. The van der Waals surface area contributed by atoms with E-state index in [1.807, 2.05) is 19.1 Å². The lowest BCUT2D eigenvalue weighted by atomic mass is 9.88. The summed E-state index contributed by atoms with van der Waals surface area (Å²) in [6.45, 7) is 5.24. The predicted molar refractivity (Wildman–Crippen MR) is 78.7 cm³/mol. The third-order valence-corrected chi connectivity index (χ3v) is 3.87. The van der Waals surface area contributed by atoms with Gasteiger partial charge in [0.25, 0.3) is 5.91 Å². The van der Waals surface area contributed by atoms with E-state index in [4.69, 9.17) is 4.74 Å². The summed E-state index contributed by atoms with van der Waals surface area (Å²) in [6, 6.07) is 5.45. The van der Waals surface area contributed by atoms with E-state index in [-0.39, 0.29) is 5.91 Å². The lowest BCUT2D eigenvalue weighted by Crippen LogP contribution is -2.32. The van der Waals surface area contributed by atoms with E-state index < -0.39 is 0 Å². The number of nitrogens with zero attached hydrogens (tertiary/aromatic N) is 1. The number of hydrogen-bond acceptors (Lipinski definition) is 3. The van der Waals surface area contributed by atoms with Crippen molar-refractivity contribution in [2.45, 2.75) is 45.6 Å². The molecule has 4 nitrogen and oxygen atoms in total. The molecule has 2 rings (SSSR count). The Labute approximate surface area is 120 Å². The highest BCUT2D eigenvalue weighted by Crippen LogP contribution is 2.25. The molecule has 110 valence electrons. The Kier molecular flexibility index (Phi) is 5.53. The zero-order valence-corrected chi connectivity index (χ0v) is 12.4. The Morgan fingerprint density at radius 1 is 1.40 bits per heavy atom. The monoisotopic (exact) mass is 276 g/mol. The Balaban J connectivity index is 1.69. The van der Waals surface area contributed by atoms with Crippen LogP contribution in [0.25, 0.3) is 0 Å². The smallest absolute Gasteiger partial charge is 0.269 e. The van der Waals surface area contributed by atoms with Crippen LogP contribution in [0.4, 0.5) is 0 Å². The van der Waals surface area contributed by atoms with E-state index in [1.54, 1.807) is 6.07 Å². The van der Waals surface area contributed by atoms with Gasteiger partial charge in [-0.25, -0.2) is 4.98 Å². The quantitative estimate of drug-likeness (QED) is 0.841. The van der Waals surface area contributed by atoms with Gasteiger partial charge in [-0.2, -0.15) is 0 Å². The lowest BCUT2D eigenvalue weighted by Gasteiger charge is -2.28. The summed E-state index contributed by atoms with van der Waals surface area (Å²) < 4.78 is 5.87. The van der Waals surface area contributed by atoms with E-state index in [2.05, 4.69) is 17.2 Å². The van der Waals surface area contributed by atoms with Gasteiger partial charge < -0.3 is 10.1 Å². The molecular formula is C16H24N2O2. The highest BCUT2D eigenvalue weighted by atomic mass is 16.5. The summed E-state index contributed by atoms with van der Waals surface area (Å²) in [4.78, 5) is 16.1. The molecular weight excluding hydrogens is 252 g/mol. The molecule has 1 heterocycles. The molecule has 0 aliphatic heterocycles. The average molecular weight is 276 g/mol. The van der Waals surface area contributed by atoms with Gasteiger partial charge in [0, 0.05) is 12.2 Å². The molecule has 1 aromatic rings. The first kappa shape index (κ1) is 15.0. The van der Waals surface area contributed by atoms with Crippen LogP contribution in [0.1, 0.15) is 48.8 Å². The maximum Gasteiger partial charge on any atom is 0.269 e. The fraction of sp³-hybridized carbons (Fsp3) is 0.625. The van der Waals surface area contributed by atoms with Crippen molar-refractivity contribution in [3.05, 3.63) is 29.6 Å². The number of carbonyl (C=O) groups is 1. The minimum absolute atomic E-state index is 0.131. The Hall–Kier alpha value is -1.42. The maximum atomic E-state index is 11.9. The van der Waals surface area contributed by atoms with E-state index in [0.29, 0.717) is 30.9 Å². The van der Waals surface area contributed by atoms with Gasteiger partial charge in [0.15, 0.2) is 0 Å². The first-order chi connectivity index (χ1) is 9.66. The Morgan fingerprint density at radius 3 is 2.95 bits per heavy atom. The molecule has 0 bridgehead atoms. The van der Waals surface area contributed by atoms with Gasteiger partial charge >= 0.3 is 0 Å². The van der Waals surface area contributed by atoms with Crippen molar-refractivity contribution in [2.24, 2.45) is 5.92 Å². The Bertz CT molecular complexity index is 448. The van der Waals surface area contributed by atoms with Crippen LogP contribution in [-0.2, 0) is 4.74 Å². The van der Waals surface area contributed by atoms with Crippen molar-refractivity contribution in [1.82, 2.24) is 10.3 Å². The van der Waals surface area contributed by atoms with Gasteiger partial charge in [0.05, 0.1) is 12.7 Å². The van der Waals surface area contributed by atoms with Crippen molar-refractivity contribution in [1.29, 1.82) is 0 Å². The molecule has 4 heteroatoms. The molecule has 1 saturated carbocycles. The summed E-state index contributed by atoms with van der Waals surface area (Å²) in [6.07, 6.45) is 5.34. The number of aryl methyl sites for hydroxylation is 1. The SMILES string of the molecule is Cc1cccc(C(=O)NCCO[C@H]2CCCC[C@@H]2C)n1. The fourth-order valence-corrected chi connectivity index (χ4v) is 2.66. The van der Waals surface area contributed by atoms with Crippen LogP contribution >= 0.6 is 0 Å². The summed E-state index contributed by atoms with van der Waals surface area (Å²) in [5.74, 6) is 0.506. The second-order valence-corrected chi connectivity index (χ2v) is 5.59. The fourth-order valence-electron chi connectivity index (χ4n) is 2.66. The second kappa shape index (κ2) is 7.39. The zero-order chi connectivity index (χ0) is 14.4. The summed E-state index contributed by atoms with van der Waals surface area (Å²) >= 11 is 0. The molecule has 1 aliphatic rings. The van der Waals surface area contributed by atoms with Gasteiger partial charge in [-0.3, -0.25) is 4.79 Å². The standard InChI is InChI=1S/C16H24N2O2/c1-12-6-3-4-9-15(12)20-11-10-17-16(19)14-8-5-7-13(2)18-14/h5,7-8,12,15H,3-4,6,9-11H2,1-2H3,(H,17,19)/t12-,15-/m0/s1. The van der Waals surface area contributed by atoms with E-state index in [9.17, 15) is 4.79 Å². The van der Waals surface area contributed by atoms with E-state index in [1.165, 1.54) is 19.3 Å². The zero-order valence-electron chi connectivity index (χ0n) is 12.4. The number of aromatic nitrogens is 1. The molecule has 0 spiro atoms. The first-order valence-corrected chi connectivity index (χ1v) is 7.50. The van der Waals surface area contributed by atoms with Crippen LogP contribution in [-0.4, -0.2) is 30.1 Å². The molecule has 2 atom stereocenters. The second-order valence-electron chi connectivity index (χ2n) is 5.59. The van der Waals surface area contributed by atoms with Crippen molar-refractivity contribution in [2.75, 3.05) is 13.2 Å². The number of ether oxygens (including phenoxy) is 1. The molecule has 1 amide bonds. The topological polar surface area (TPSA) is 51.2 Å². The minimum Gasteiger partial charge on any atom is -0.376 e. The molecule has 0 aromatic carbocycles. The minimum atomic E-state index is -0.131. The number of pyridine rings is 1. The number of nitrogens with one attached hydrogen (secondary N) is 1. The third kappa shape index (κ3) is 4.30. The molecule has 0 unspecified atom stereocenters. The number of rotatable bonds is 5. The van der Waals surface area contributed by atoms with Crippen LogP contribution in [0.2, 0.25) is 0 Å². The van der Waals surface area contributed by atoms with Crippen molar-refractivity contribution in [3.63, 3.8) is 0 Å². The van der Waals surface area contributed by atoms with Crippen LogP contribution < -0.4 is 5.32 Å². The molecule has 20 heavy (non-hydrogen) atoms. The van der Waals surface area contributed by atoms with Crippen LogP contribution in [0.3, 0.4) is 0 Å². The Morgan fingerprint density at radius 2 is 2.20 bits per heavy atom. The number of carbonyl (C=O) groups excluding carboxylic acids is 1. The van der Waals surface area contributed by atoms with Crippen molar-refractivity contribution < 1.29 is 9.53 Å². The summed E-state index contributed by atoms with van der Waals surface area (Å²) in [7, 11) is 0. The van der Waals surface area contributed by atoms with E-state index in [0.717, 1.165) is 12.1 Å². The average Bonchev–Trinajstić information content (AvgIpc) is 2.45. The van der Waals surface area contributed by atoms with Crippen molar-refractivity contribution in [3.8, 4) is 0 Å². The molecule has 0 saturated heterocycles. The third-order valence-electron chi connectivity index (χ3n) is 3.87. The number of amides is 1. The van der Waals surface area contributed by atoms with Gasteiger partial charge in [-0.05, 0) is 37.8 Å². The molecule has 1 fully saturated rings. The first-order valence-electron chi connectivity index (χ1n) is 7.50. The van der Waals surface area contributed by atoms with Gasteiger partial charge in [-0.15, -0.1) is 0 Å².